The number of amides is 7. The second kappa shape index (κ2) is 17.4. The highest BCUT2D eigenvalue weighted by Gasteiger charge is 2.46. The first-order valence-electron chi connectivity index (χ1n) is 18.5. The summed E-state index contributed by atoms with van der Waals surface area (Å²) in [5, 5.41) is 12.0. The number of carbonyl (C=O) groups is 7. The molecule has 2 aromatic carbocycles. The quantitative estimate of drug-likeness (QED) is 0.0688. The SMILES string of the molecule is CC#CC#CCN(Nc1cccc2c1C(=O)N(C1CCC(=O)NC1=O)C2=O)C(=O)c1ccc(-n2cc(NC(=O)c3coc(-c4ccnc(NCC(F)(F)F)c4)n3)c(C(N)=O)n2)cc1. The predicted octanol–water partition coefficient (Wildman–Crippen LogP) is 3.14. The number of alkyl halides is 3. The molecule has 6 N–H and O–H groups in total. The number of oxazole rings is 1. The van der Waals surface area contributed by atoms with Gasteiger partial charge in [-0.15, -0.1) is 0 Å². The Kier molecular flexibility index (Phi) is 11.7. The van der Waals surface area contributed by atoms with Crippen LogP contribution in [0.1, 0.15) is 71.8 Å². The van der Waals surface area contributed by atoms with Crippen molar-refractivity contribution in [1.29, 1.82) is 0 Å². The van der Waals surface area contributed by atoms with E-state index in [-0.39, 0.29) is 76.1 Å². The molecule has 1 saturated heterocycles. The molecular formula is C41H30F3N11O8. The lowest BCUT2D eigenvalue weighted by Gasteiger charge is -2.28. The van der Waals surface area contributed by atoms with E-state index in [0.717, 1.165) is 16.2 Å². The molecule has 0 saturated carbocycles. The van der Waals surface area contributed by atoms with Crippen molar-refractivity contribution in [3.05, 3.63) is 101 Å². The smallest absolute Gasteiger partial charge is 0.405 e. The number of nitrogens with one attached hydrogen (secondary N) is 4. The van der Waals surface area contributed by atoms with Crippen LogP contribution < -0.4 is 27.1 Å². The van der Waals surface area contributed by atoms with Gasteiger partial charge in [0, 0.05) is 23.7 Å². The van der Waals surface area contributed by atoms with E-state index in [1.165, 1.54) is 71.7 Å². The number of halogens is 3. The van der Waals surface area contributed by atoms with E-state index in [1.807, 2.05) is 0 Å². The number of nitrogens with two attached hydrogens (primary N) is 1. The number of rotatable bonds is 12. The van der Waals surface area contributed by atoms with Crippen LogP contribution in [0.3, 0.4) is 0 Å². The molecule has 5 heterocycles. The van der Waals surface area contributed by atoms with E-state index < -0.39 is 60.1 Å². The van der Waals surface area contributed by atoms with Crippen LogP contribution in [0.25, 0.3) is 17.1 Å². The number of carbonyl (C=O) groups excluding carboxylic acids is 7. The molecule has 1 atom stereocenters. The van der Waals surface area contributed by atoms with E-state index in [4.69, 9.17) is 10.2 Å². The first-order chi connectivity index (χ1) is 30.1. The van der Waals surface area contributed by atoms with E-state index in [2.05, 4.69) is 60.1 Å². The molecule has 0 spiro atoms. The molecule has 1 fully saturated rings. The summed E-state index contributed by atoms with van der Waals surface area (Å²) in [6, 6.07) is 11.6. The fourth-order valence-corrected chi connectivity index (χ4v) is 6.38. The van der Waals surface area contributed by atoms with Crippen LogP contribution in [0.5, 0.6) is 0 Å². The summed E-state index contributed by atoms with van der Waals surface area (Å²) in [5.74, 6) is 4.99. The van der Waals surface area contributed by atoms with Crippen molar-refractivity contribution in [3.63, 3.8) is 0 Å². The zero-order valence-electron chi connectivity index (χ0n) is 32.5. The predicted molar refractivity (Wildman–Crippen MR) is 213 cm³/mol. The molecule has 0 radical (unpaired) electrons. The minimum Gasteiger partial charge on any atom is -0.444 e. The lowest BCUT2D eigenvalue weighted by Crippen LogP contribution is -2.54. The van der Waals surface area contributed by atoms with Gasteiger partial charge in [0.1, 0.15) is 31.2 Å². The van der Waals surface area contributed by atoms with Crippen molar-refractivity contribution in [2.24, 2.45) is 5.73 Å². The molecule has 7 rings (SSSR count). The number of hydrogen-bond donors (Lipinski definition) is 5. The summed E-state index contributed by atoms with van der Waals surface area (Å²) >= 11 is 0. The molecule has 0 aliphatic carbocycles. The number of anilines is 3. The van der Waals surface area contributed by atoms with Crippen molar-refractivity contribution < 1.29 is 51.2 Å². The number of imide groups is 2. The van der Waals surface area contributed by atoms with Gasteiger partial charge in [-0.05, 0) is 73.7 Å². The van der Waals surface area contributed by atoms with Crippen LogP contribution in [-0.2, 0) is 9.59 Å². The van der Waals surface area contributed by atoms with Gasteiger partial charge in [0.2, 0.25) is 17.7 Å². The van der Waals surface area contributed by atoms with Gasteiger partial charge in [-0.3, -0.25) is 49.2 Å². The van der Waals surface area contributed by atoms with Crippen LogP contribution in [0, 0.1) is 23.7 Å². The number of benzene rings is 2. The van der Waals surface area contributed by atoms with E-state index >= 15 is 0 Å². The third kappa shape index (κ3) is 9.19. The highest BCUT2D eigenvalue weighted by atomic mass is 19.4. The third-order valence-corrected chi connectivity index (χ3v) is 9.27. The summed E-state index contributed by atoms with van der Waals surface area (Å²) in [4.78, 5) is 99.7. The maximum Gasteiger partial charge on any atom is 0.405 e. The molecule has 318 valence electrons. The Morgan fingerprint density at radius 1 is 1.03 bits per heavy atom. The Morgan fingerprint density at radius 2 is 1.81 bits per heavy atom. The molecular weight excluding hydrogens is 832 g/mol. The molecule has 3 aromatic heterocycles. The monoisotopic (exact) mass is 861 g/mol. The maximum absolute atomic E-state index is 14.0. The van der Waals surface area contributed by atoms with Gasteiger partial charge in [0.15, 0.2) is 11.4 Å². The minimum absolute atomic E-state index is 0.0209. The number of hydrazine groups is 1. The molecule has 0 bridgehead atoms. The van der Waals surface area contributed by atoms with Gasteiger partial charge in [-0.25, -0.2) is 19.7 Å². The van der Waals surface area contributed by atoms with Gasteiger partial charge >= 0.3 is 6.18 Å². The number of nitrogens with zero attached hydrogens (tertiary/aromatic N) is 6. The average Bonchev–Trinajstić information content (AvgIpc) is 3.98. The highest BCUT2D eigenvalue weighted by molar-refractivity contribution is 6.25. The largest absolute Gasteiger partial charge is 0.444 e. The zero-order chi connectivity index (χ0) is 45.0. The minimum atomic E-state index is -4.49. The Hall–Kier alpha value is -8.79. The van der Waals surface area contributed by atoms with Crippen LogP contribution in [-0.4, -0.2) is 96.3 Å². The Morgan fingerprint density at radius 3 is 2.52 bits per heavy atom. The standard InChI is InChI=1S/C41H30F3N11O8/c1-2-3-4-5-17-53(51-26-8-6-7-25-32(26)40(62)55(39(25)61)29-13-14-31(56)50-36(29)59)38(60)22-9-11-24(12-10-22)54-19-27(33(52-54)34(45)57)48-35(58)28-20-63-37(49-28)23-15-16-46-30(18-23)47-21-41(42,43)44/h6-12,15-16,18-20,29,51H,13-14,17,21H2,1H3,(H2,45,57)(H,46,47)(H,48,58)(H,50,56,59). The van der Waals surface area contributed by atoms with Gasteiger partial charge in [-0.1, -0.05) is 17.9 Å². The normalized spacial score (nSPS) is 14.4. The second-order valence-electron chi connectivity index (χ2n) is 13.5. The third-order valence-electron chi connectivity index (χ3n) is 9.27. The summed E-state index contributed by atoms with van der Waals surface area (Å²) in [7, 11) is 0. The average molecular weight is 862 g/mol. The number of fused-ring (bicyclic) bond motifs is 1. The van der Waals surface area contributed by atoms with E-state index in [9.17, 15) is 46.7 Å². The molecule has 19 nitrogen and oxygen atoms in total. The highest BCUT2D eigenvalue weighted by Crippen LogP contribution is 2.33. The van der Waals surface area contributed by atoms with E-state index in [1.54, 1.807) is 6.92 Å². The molecule has 63 heavy (non-hydrogen) atoms. The van der Waals surface area contributed by atoms with Crippen molar-refractivity contribution in [2.75, 3.05) is 29.1 Å². The molecule has 7 amide bonds. The van der Waals surface area contributed by atoms with Crippen LogP contribution >= 0.6 is 0 Å². The topological polar surface area (TPSA) is 257 Å². The number of aromatic nitrogens is 4. The number of hydrogen-bond acceptors (Lipinski definition) is 13. The fourth-order valence-electron chi connectivity index (χ4n) is 6.38. The van der Waals surface area contributed by atoms with Crippen molar-refractivity contribution >= 4 is 58.5 Å². The summed E-state index contributed by atoms with van der Waals surface area (Å²) in [6.07, 6.45) is -1.10. The number of primary amides is 1. The zero-order valence-corrected chi connectivity index (χ0v) is 32.5. The number of pyridine rings is 1. The fraction of sp³-hybridized carbons (Fsp3) is 0.171. The molecule has 22 heteroatoms. The lowest BCUT2D eigenvalue weighted by atomic mass is 10.0. The van der Waals surface area contributed by atoms with Crippen LogP contribution in [0.4, 0.5) is 30.4 Å². The van der Waals surface area contributed by atoms with Gasteiger partial charge in [-0.2, -0.15) is 18.3 Å². The van der Waals surface area contributed by atoms with Crippen molar-refractivity contribution in [3.8, 4) is 40.8 Å². The first-order valence-corrected chi connectivity index (χ1v) is 18.5. The Labute approximate surface area is 353 Å². The van der Waals surface area contributed by atoms with Crippen molar-refractivity contribution in [1.82, 2.24) is 35.0 Å². The number of piperidine rings is 1. The van der Waals surface area contributed by atoms with Crippen LogP contribution in [0.15, 0.2) is 77.7 Å². The summed E-state index contributed by atoms with van der Waals surface area (Å²) in [5.41, 5.74) is 8.29. The summed E-state index contributed by atoms with van der Waals surface area (Å²) in [6.45, 7) is -0.00587. The van der Waals surface area contributed by atoms with Crippen LogP contribution in [0.2, 0.25) is 0 Å². The van der Waals surface area contributed by atoms with E-state index in [0.29, 0.717) is 5.69 Å². The molecule has 1 unspecified atom stereocenters. The maximum atomic E-state index is 14.0. The van der Waals surface area contributed by atoms with Crippen molar-refractivity contribution in [2.45, 2.75) is 32.0 Å². The van der Waals surface area contributed by atoms with Gasteiger partial charge < -0.3 is 20.8 Å². The molecule has 2 aliphatic heterocycles. The Bertz CT molecular complexity index is 2850. The lowest BCUT2D eigenvalue weighted by molar-refractivity contribution is -0.136. The molecule has 5 aromatic rings. The second-order valence-corrected chi connectivity index (χ2v) is 13.5. The first kappa shape index (κ1) is 42.3. The van der Waals surface area contributed by atoms with Gasteiger partial charge in [0.25, 0.3) is 29.5 Å². The summed E-state index contributed by atoms with van der Waals surface area (Å²) < 4.78 is 44.6. The molecule has 2 aliphatic rings. The van der Waals surface area contributed by atoms with Gasteiger partial charge in [0.05, 0.1) is 34.4 Å². The Balaban J connectivity index is 1.08.